The third-order valence-corrected chi connectivity index (χ3v) is 6.68. The summed E-state index contributed by atoms with van der Waals surface area (Å²) < 4.78 is 8.80. The Hall–Kier alpha value is -4.50. The van der Waals surface area contributed by atoms with Crippen LogP contribution in [0.3, 0.4) is 0 Å². The molecule has 2 N–H and O–H groups in total. The lowest BCUT2D eigenvalue weighted by atomic mass is 10.1. The fourth-order valence-corrected chi connectivity index (χ4v) is 4.83. The minimum Gasteiger partial charge on any atom is -0.468 e. The highest BCUT2D eigenvalue weighted by Crippen LogP contribution is 2.23. The molecule has 12 heteroatoms. The number of nitrogens with zero attached hydrogens (tertiary/aromatic N) is 7. The fourth-order valence-electron chi connectivity index (χ4n) is 4.83. The maximum absolute atomic E-state index is 14.0. The zero-order chi connectivity index (χ0) is 26.8. The molecular formula is C26H28N8O4. The molecule has 1 fully saturated rings. The number of nitrogens with two attached hydrogens (primary N) is 1. The van der Waals surface area contributed by atoms with Crippen molar-refractivity contribution in [1.82, 2.24) is 28.7 Å². The Bertz CT molecular complexity index is 1700. The van der Waals surface area contributed by atoms with E-state index in [4.69, 9.17) is 15.5 Å². The molecule has 4 aromatic heterocycles. The number of imidazole rings is 1. The van der Waals surface area contributed by atoms with Crippen LogP contribution in [0.5, 0.6) is 0 Å². The average Bonchev–Trinajstić information content (AvgIpc) is 3.31. The molecule has 1 aliphatic heterocycles. The van der Waals surface area contributed by atoms with Gasteiger partial charge in [-0.25, -0.2) is 4.79 Å². The lowest BCUT2D eigenvalue weighted by Gasteiger charge is -2.31. The predicted molar refractivity (Wildman–Crippen MR) is 142 cm³/mol. The van der Waals surface area contributed by atoms with E-state index in [0.29, 0.717) is 35.6 Å². The molecule has 0 radical (unpaired) electrons. The molecular weight excluding hydrogens is 488 g/mol. The number of carbonyl (C=O) groups is 1. The Morgan fingerprint density at radius 2 is 2.03 bits per heavy atom. The summed E-state index contributed by atoms with van der Waals surface area (Å²) in [6.07, 6.45) is 5.00. The first-order valence-electron chi connectivity index (χ1n) is 12.3. The Morgan fingerprint density at radius 3 is 2.79 bits per heavy atom. The van der Waals surface area contributed by atoms with E-state index in [1.807, 2.05) is 11.0 Å². The van der Waals surface area contributed by atoms with Crippen LogP contribution in [0.2, 0.25) is 0 Å². The molecule has 12 nitrogen and oxygen atoms in total. The van der Waals surface area contributed by atoms with Crippen molar-refractivity contribution in [3.05, 3.63) is 57.1 Å². The number of piperidine rings is 1. The third-order valence-electron chi connectivity index (χ3n) is 6.68. The molecule has 0 bridgehead atoms. The van der Waals surface area contributed by atoms with Crippen molar-refractivity contribution in [2.75, 3.05) is 25.1 Å². The molecule has 0 amide bonds. The van der Waals surface area contributed by atoms with Gasteiger partial charge in [0.1, 0.15) is 6.54 Å². The van der Waals surface area contributed by atoms with Crippen molar-refractivity contribution < 1.29 is 9.53 Å². The number of ether oxygens (including phenoxy) is 1. The van der Waals surface area contributed by atoms with Crippen molar-refractivity contribution in [3.63, 3.8) is 0 Å². The number of rotatable bonds is 6. The van der Waals surface area contributed by atoms with E-state index in [0.717, 1.165) is 17.4 Å². The highest BCUT2D eigenvalue weighted by Gasteiger charge is 2.27. The quantitative estimate of drug-likeness (QED) is 0.286. The molecule has 196 valence electrons. The molecule has 5 heterocycles. The largest absolute Gasteiger partial charge is 0.468 e. The lowest BCUT2D eigenvalue weighted by molar-refractivity contribution is -0.141. The number of esters is 1. The summed E-state index contributed by atoms with van der Waals surface area (Å²) in [5.41, 5.74) is 6.45. The van der Waals surface area contributed by atoms with E-state index in [-0.39, 0.29) is 30.3 Å². The van der Waals surface area contributed by atoms with Gasteiger partial charge in [0.2, 0.25) is 5.95 Å². The summed E-state index contributed by atoms with van der Waals surface area (Å²) in [6.45, 7) is 2.60. The Balaban J connectivity index is 1.78. The summed E-state index contributed by atoms with van der Waals surface area (Å²) in [4.78, 5) is 55.5. The second-order valence-corrected chi connectivity index (χ2v) is 9.11. The van der Waals surface area contributed by atoms with Gasteiger partial charge in [-0.1, -0.05) is 5.92 Å². The first-order valence-corrected chi connectivity index (χ1v) is 12.3. The van der Waals surface area contributed by atoms with Gasteiger partial charge in [-0.3, -0.25) is 33.3 Å². The maximum atomic E-state index is 14.0. The van der Waals surface area contributed by atoms with Gasteiger partial charge in [0, 0.05) is 36.9 Å². The minimum absolute atomic E-state index is 0.0470. The number of anilines is 1. The van der Waals surface area contributed by atoms with Crippen molar-refractivity contribution in [1.29, 1.82) is 0 Å². The summed E-state index contributed by atoms with van der Waals surface area (Å²) in [5.74, 6) is 5.71. The molecule has 1 aliphatic rings. The molecule has 38 heavy (non-hydrogen) atoms. The number of hydrogen-bond donors (Lipinski definition) is 1. The summed E-state index contributed by atoms with van der Waals surface area (Å²) in [7, 11) is 1.24. The van der Waals surface area contributed by atoms with Crippen LogP contribution in [0.25, 0.3) is 22.1 Å². The van der Waals surface area contributed by atoms with E-state index in [1.54, 1.807) is 36.0 Å². The van der Waals surface area contributed by atoms with E-state index in [1.165, 1.54) is 11.7 Å². The van der Waals surface area contributed by atoms with Gasteiger partial charge in [-0.05, 0) is 38.0 Å². The highest BCUT2D eigenvalue weighted by molar-refractivity contribution is 5.81. The van der Waals surface area contributed by atoms with Crippen LogP contribution in [0.4, 0.5) is 5.95 Å². The summed E-state index contributed by atoms with van der Waals surface area (Å²) >= 11 is 0. The molecule has 1 saturated heterocycles. The molecule has 4 aromatic rings. The number of hydrogen-bond acceptors (Lipinski definition) is 9. The summed E-state index contributed by atoms with van der Waals surface area (Å²) in [6, 6.07) is 5.31. The minimum atomic E-state index is -0.691. The van der Waals surface area contributed by atoms with Gasteiger partial charge >= 0.3 is 11.7 Å². The fraction of sp³-hybridized carbons (Fsp3) is 0.385. The van der Waals surface area contributed by atoms with E-state index >= 15 is 0 Å². The van der Waals surface area contributed by atoms with Crippen molar-refractivity contribution >= 4 is 34.0 Å². The van der Waals surface area contributed by atoms with Crippen LogP contribution in [0.15, 0.2) is 40.2 Å². The van der Waals surface area contributed by atoms with Crippen LogP contribution in [0.1, 0.15) is 25.5 Å². The first-order chi connectivity index (χ1) is 18.4. The van der Waals surface area contributed by atoms with Crippen LogP contribution >= 0.6 is 0 Å². The lowest BCUT2D eigenvalue weighted by Crippen LogP contribution is -2.44. The van der Waals surface area contributed by atoms with Crippen LogP contribution < -0.4 is 21.9 Å². The van der Waals surface area contributed by atoms with E-state index in [2.05, 4.69) is 21.8 Å². The molecule has 1 unspecified atom stereocenters. The Labute approximate surface area is 217 Å². The zero-order valence-electron chi connectivity index (χ0n) is 21.3. The second kappa shape index (κ2) is 10.5. The van der Waals surface area contributed by atoms with Gasteiger partial charge in [0.25, 0.3) is 5.56 Å². The standard InChI is InChI=1S/C26H28N8O4/c1-3-4-13-32-22-23(30-25(32)31-12-6-7-17(27)14-31)33(16-21(35)38-2)26(37)34(24(22)36)15-20-18-8-5-10-28-19(18)9-11-29-20/h5,8-11,17H,6-7,12-16,27H2,1-2H3. The van der Waals surface area contributed by atoms with E-state index in [9.17, 15) is 14.4 Å². The SMILES string of the molecule is CC#CCn1c(N2CCCC(N)C2)nc2c1c(=O)n(Cc1nccc3ncccc13)c(=O)n2CC(=O)OC. The summed E-state index contributed by atoms with van der Waals surface area (Å²) in [5, 5.41) is 0.717. The van der Waals surface area contributed by atoms with Gasteiger partial charge in [-0.15, -0.1) is 5.92 Å². The second-order valence-electron chi connectivity index (χ2n) is 9.11. The van der Waals surface area contributed by atoms with Crippen LogP contribution in [-0.4, -0.2) is 60.9 Å². The molecule has 5 rings (SSSR count). The number of fused-ring (bicyclic) bond motifs is 2. The first kappa shape index (κ1) is 25.2. The smallest absolute Gasteiger partial charge is 0.333 e. The van der Waals surface area contributed by atoms with Crippen LogP contribution in [0, 0.1) is 11.8 Å². The monoisotopic (exact) mass is 516 g/mol. The normalized spacial score (nSPS) is 15.4. The predicted octanol–water partition coefficient (Wildman–Crippen LogP) is 0.475. The van der Waals surface area contributed by atoms with Gasteiger partial charge in [0.05, 0.1) is 31.4 Å². The Kier molecular flexibility index (Phi) is 6.93. The number of aromatic nitrogens is 6. The van der Waals surface area contributed by atoms with Crippen LogP contribution in [-0.2, 0) is 29.2 Å². The van der Waals surface area contributed by atoms with Gasteiger partial charge < -0.3 is 15.4 Å². The van der Waals surface area contributed by atoms with Crippen molar-refractivity contribution in [2.45, 2.75) is 45.4 Å². The highest BCUT2D eigenvalue weighted by atomic mass is 16.5. The zero-order valence-corrected chi connectivity index (χ0v) is 21.3. The topological polar surface area (TPSA) is 143 Å². The number of pyridine rings is 2. The van der Waals surface area contributed by atoms with Gasteiger partial charge in [-0.2, -0.15) is 4.98 Å². The maximum Gasteiger partial charge on any atom is 0.333 e. The molecule has 0 saturated carbocycles. The van der Waals surface area contributed by atoms with E-state index < -0.39 is 23.8 Å². The average molecular weight is 517 g/mol. The number of methoxy groups -OCH3 is 1. The molecule has 0 aromatic carbocycles. The third kappa shape index (κ3) is 4.52. The van der Waals surface area contributed by atoms with Gasteiger partial charge in [0.15, 0.2) is 11.2 Å². The Morgan fingerprint density at radius 1 is 1.18 bits per heavy atom. The molecule has 0 spiro atoms. The van der Waals surface area contributed by atoms with Crippen molar-refractivity contribution in [3.8, 4) is 11.8 Å². The number of carbonyl (C=O) groups excluding carboxylic acids is 1. The molecule has 0 aliphatic carbocycles. The van der Waals surface area contributed by atoms with Crippen molar-refractivity contribution in [2.24, 2.45) is 5.73 Å². The molecule has 1 atom stereocenters.